The Morgan fingerprint density at radius 3 is 1.29 bits per heavy atom. The SMILES string of the molecule is CC(C)=O.COCOC(C)=O.c1ccccc1. The minimum atomic E-state index is -0.318. The van der Waals surface area contributed by atoms with Crippen LogP contribution >= 0.6 is 0 Å². The lowest BCUT2D eigenvalue weighted by Crippen LogP contribution is -2.00. The Morgan fingerprint density at radius 1 is 0.882 bits per heavy atom. The molecule has 0 bridgehead atoms. The number of hydrogen-bond donors (Lipinski definition) is 0. The minimum absolute atomic E-state index is 0.0509. The quantitative estimate of drug-likeness (QED) is 0.588. The van der Waals surface area contributed by atoms with Gasteiger partial charge in [0.25, 0.3) is 0 Å². The molecule has 0 aliphatic rings. The summed E-state index contributed by atoms with van der Waals surface area (Å²) in [7, 11) is 1.46. The molecule has 0 amide bonds. The molecule has 0 N–H and O–H groups in total. The third kappa shape index (κ3) is 31.4. The third-order valence-electron chi connectivity index (χ3n) is 1.05. The van der Waals surface area contributed by atoms with Crippen molar-refractivity contribution in [3.63, 3.8) is 0 Å². The van der Waals surface area contributed by atoms with Gasteiger partial charge in [0.05, 0.1) is 0 Å². The Kier molecular flexibility index (Phi) is 14.9. The topological polar surface area (TPSA) is 52.6 Å². The van der Waals surface area contributed by atoms with E-state index in [0.717, 1.165) is 0 Å². The van der Waals surface area contributed by atoms with Crippen molar-refractivity contribution in [3.05, 3.63) is 36.4 Å². The van der Waals surface area contributed by atoms with Gasteiger partial charge in [0.15, 0.2) is 6.79 Å². The molecule has 0 atom stereocenters. The number of esters is 1. The molecule has 1 aromatic rings. The van der Waals surface area contributed by atoms with Crippen molar-refractivity contribution in [2.75, 3.05) is 13.9 Å². The predicted molar refractivity (Wildman–Crippen MR) is 66.4 cm³/mol. The van der Waals surface area contributed by atoms with Crippen LogP contribution < -0.4 is 0 Å². The van der Waals surface area contributed by atoms with E-state index in [2.05, 4.69) is 9.47 Å². The van der Waals surface area contributed by atoms with Crippen molar-refractivity contribution in [3.8, 4) is 0 Å². The molecule has 0 aromatic heterocycles. The summed E-state index contributed by atoms with van der Waals surface area (Å²) in [6.45, 7) is 4.44. The van der Waals surface area contributed by atoms with Crippen LogP contribution in [-0.4, -0.2) is 25.7 Å². The van der Waals surface area contributed by atoms with E-state index in [1.807, 2.05) is 36.4 Å². The Labute approximate surface area is 103 Å². The van der Waals surface area contributed by atoms with Crippen LogP contribution in [0.1, 0.15) is 20.8 Å². The molecule has 0 saturated carbocycles. The van der Waals surface area contributed by atoms with Crippen molar-refractivity contribution >= 4 is 11.8 Å². The summed E-state index contributed by atoms with van der Waals surface area (Å²) in [4.78, 5) is 19.3. The van der Waals surface area contributed by atoms with Crippen molar-refractivity contribution in [1.82, 2.24) is 0 Å². The van der Waals surface area contributed by atoms with E-state index in [1.54, 1.807) is 0 Å². The second-order valence-corrected chi connectivity index (χ2v) is 3.11. The molecular formula is C13H20O4. The highest BCUT2D eigenvalue weighted by Gasteiger charge is 1.85. The summed E-state index contributed by atoms with van der Waals surface area (Å²) in [5.41, 5.74) is 0. The Hall–Kier alpha value is -1.68. The van der Waals surface area contributed by atoms with E-state index < -0.39 is 0 Å². The predicted octanol–water partition coefficient (Wildman–Crippen LogP) is 2.44. The summed E-state index contributed by atoms with van der Waals surface area (Å²) in [6, 6.07) is 12.0. The summed E-state index contributed by atoms with van der Waals surface area (Å²) < 4.78 is 8.74. The lowest BCUT2D eigenvalue weighted by atomic mass is 10.4. The molecule has 0 saturated heterocycles. The van der Waals surface area contributed by atoms with Crippen LogP contribution in [0.4, 0.5) is 0 Å². The number of methoxy groups -OCH3 is 1. The molecule has 96 valence electrons. The van der Waals surface area contributed by atoms with E-state index in [0.29, 0.717) is 0 Å². The van der Waals surface area contributed by atoms with Gasteiger partial charge in [-0.1, -0.05) is 36.4 Å². The van der Waals surface area contributed by atoms with Gasteiger partial charge in [-0.25, -0.2) is 0 Å². The smallest absolute Gasteiger partial charge is 0.304 e. The van der Waals surface area contributed by atoms with Gasteiger partial charge < -0.3 is 14.3 Å². The number of carbonyl (C=O) groups is 2. The molecule has 0 fully saturated rings. The molecule has 1 aromatic carbocycles. The van der Waals surface area contributed by atoms with Gasteiger partial charge in [0.2, 0.25) is 0 Å². The summed E-state index contributed by atoms with van der Waals surface area (Å²) >= 11 is 0. The maximum atomic E-state index is 9.90. The van der Waals surface area contributed by atoms with Crippen LogP contribution in [0.3, 0.4) is 0 Å². The van der Waals surface area contributed by atoms with Crippen LogP contribution in [0.2, 0.25) is 0 Å². The highest BCUT2D eigenvalue weighted by Crippen LogP contribution is 1.79. The van der Waals surface area contributed by atoms with Crippen molar-refractivity contribution in [1.29, 1.82) is 0 Å². The fraction of sp³-hybridized carbons (Fsp3) is 0.385. The average Bonchev–Trinajstić information content (AvgIpc) is 2.29. The Balaban J connectivity index is 0. The monoisotopic (exact) mass is 240 g/mol. The van der Waals surface area contributed by atoms with Crippen LogP contribution in [0.15, 0.2) is 36.4 Å². The molecule has 0 aliphatic heterocycles. The average molecular weight is 240 g/mol. The van der Waals surface area contributed by atoms with Gasteiger partial charge >= 0.3 is 5.97 Å². The van der Waals surface area contributed by atoms with E-state index >= 15 is 0 Å². The van der Waals surface area contributed by atoms with E-state index in [4.69, 9.17) is 0 Å². The Morgan fingerprint density at radius 2 is 1.18 bits per heavy atom. The minimum Gasteiger partial charge on any atom is -0.439 e. The first-order valence-electron chi connectivity index (χ1n) is 5.10. The van der Waals surface area contributed by atoms with Gasteiger partial charge in [0, 0.05) is 14.0 Å². The summed E-state index contributed by atoms with van der Waals surface area (Å²) in [6.07, 6.45) is 0. The van der Waals surface area contributed by atoms with Crippen molar-refractivity contribution < 1.29 is 19.1 Å². The molecule has 0 heterocycles. The fourth-order valence-electron chi connectivity index (χ4n) is 0.527. The standard InChI is InChI=1S/C6H6.C4H8O3.C3H6O/c1-2-4-6-5-3-1;1-4(5)7-3-6-2;1-3(2)4/h1-6H;3H2,1-2H3;1-2H3. The lowest BCUT2D eigenvalue weighted by molar-refractivity contribution is -0.151. The second-order valence-electron chi connectivity index (χ2n) is 3.11. The Bertz CT molecular complexity index is 252. The van der Waals surface area contributed by atoms with E-state index in [1.165, 1.54) is 27.9 Å². The molecule has 1 rings (SSSR count). The first-order chi connectivity index (χ1) is 8.00. The van der Waals surface area contributed by atoms with Crippen LogP contribution in [0.25, 0.3) is 0 Å². The zero-order valence-corrected chi connectivity index (χ0v) is 10.8. The first kappa shape index (κ1) is 17.7. The molecule has 0 radical (unpaired) electrons. The maximum absolute atomic E-state index is 9.90. The fourth-order valence-corrected chi connectivity index (χ4v) is 0.527. The number of ether oxygens (including phenoxy) is 2. The molecule has 0 aliphatic carbocycles. The van der Waals surface area contributed by atoms with E-state index in [-0.39, 0.29) is 18.5 Å². The zero-order valence-electron chi connectivity index (χ0n) is 10.8. The molecule has 17 heavy (non-hydrogen) atoms. The number of rotatable bonds is 2. The highest BCUT2D eigenvalue weighted by atomic mass is 16.7. The van der Waals surface area contributed by atoms with Crippen LogP contribution in [0.5, 0.6) is 0 Å². The van der Waals surface area contributed by atoms with Gasteiger partial charge in [-0.15, -0.1) is 0 Å². The molecular weight excluding hydrogens is 220 g/mol. The largest absolute Gasteiger partial charge is 0.439 e. The van der Waals surface area contributed by atoms with Crippen LogP contribution in [0, 0.1) is 0 Å². The maximum Gasteiger partial charge on any atom is 0.304 e. The van der Waals surface area contributed by atoms with Gasteiger partial charge in [-0.3, -0.25) is 4.79 Å². The summed E-state index contributed by atoms with van der Waals surface area (Å²) in [5, 5.41) is 0. The molecule has 0 spiro atoms. The normalized spacial score (nSPS) is 7.76. The third-order valence-corrected chi connectivity index (χ3v) is 1.05. The number of hydrogen-bond acceptors (Lipinski definition) is 4. The molecule has 4 heteroatoms. The van der Waals surface area contributed by atoms with Crippen molar-refractivity contribution in [2.24, 2.45) is 0 Å². The lowest BCUT2D eigenvalue weighted by Gasteiger charge is -1.95. The molecule has 4 nitrogen and oxygen atoms in total. The van der Waals surface area contributed by atoms with E-state index in [9.17, 15) is 9.59 Å². The van der Waals surface area contributed by atoms with Crippen LogP contribution in [-0.2, 0) is 19.1 Å². The van der Waals surface area contributed by atoms with Gasteiger partial charge in [-0.05, 0) is 13.8 Å². The first-order valence-corrected chi connectivity index (χ1v) is 5.10. The van der Waals surface area contributed by atoms with Gasteiger partial charge in [-0.2, -0.15) is 0 Å². The highest BCUT2D eigenvalue weighted by molar-refractivity contribution is 5.72. The van der Waals surface area contributed by atoms with Crippen molar-refractivity contribution in [2.45, 2.75) is 20.8 Å². The zero-order chi connectivity index (χ0) is 13.5. The summed E-state index contributed by atoms with van der Waals surface area (Å²) in [5.74, 6) is -0.151. The number of Topliss-reactive ketones (excluding diaryl/α,β-unsaturated/α-hetero) is 1. The number of ketones is 1. The second kappa shape index (κ2) is 14.3. The number of carbonyl (C=O) groups excluding carboxylic acids is 2. The molecule has 0 unspecified atom stereocenters. The number of benzene rings is 1. The van der Waals surface area contributed by atoms with Gasteiger partial charge in [0.1, 0.15) is 5.78 Å².